The minimum atomic E-state index is -0.192. The van der Waals surface area contributed by atoms with Gasteiger partial charge in [0.1, 0.15) is 5.69 Å². The first-order valence-corrected chi connectivity index (χ1v) is 8.32. The lowest BCUT2D eigenvalue weighted by molar-refractivity contribution is -0.143. The number of fused-ring (bicyclic) bond motifs is 1. The first-order chi connectivity index (χ1) is 11.5. The van der Waals surface area contributed by atoms with Gasteiger partial charge in [-0.05, 0) is 26.0 Å². The number of morpholine rings is 1. The Bertz CT molecular complexity index is 697. The molecule has 2 unspecified atom stereocenters. The van der Waals surface area contributed by atoms with Crippen LogP contribution >= 0.6 is 0 Å². The first-order valence-electron chi connectivity index (χ1n) is 8.32. The maximum atomic E-state index is 12.3. The summed E-state index contributed by atoms with van der Waals surface area (Å²) in [5.74, 6) is -0.142. The quantitative estimate of drug-likeness (QED) is 0.900. The number of aromatic amines is 1. The second-order valence-corrected chi connectivity index (χ2v) is 6.33. The number of amides is 2. The molecule has 2 aromatic rings. The Morgan fingerprint density at radius 2 is 1.96 bits per heavy atom. The highest BCUT2D eigenvalue weighted by molar-refractivity contribution is 5.98. The predicted molar refractivity (Wildman–Crippen MR) is 91.8 cm³/mol. The Hall–Kier alpha value is -2.34. The fourth-order valence-electron chi connectivity index (χ4n) is 3.11. The highest BCUT2D eigenvalue weighted by Crippen LogP contribution is 2.14. The number of para-hydroxylation sites is 1. The fraction of sp³-hybridized carbons (Fsp3) is 0.444. The molecule has 3 rings (SSSR count). The SMILES string of the molecule is CC1CN(C(=O)CCNC(=O)c2cc3ccccc3[nH]2)CC(C)O1. The van der Waals surface area contributed by atoms with Crippen molar-refractivity contribution >= 4 is 22.7 Å². The van der Waals surface area contributed by atoms with Gasteiger partial charge in [-0.3, -0.25) is 9.59 Å². The average Bonchev–Trinajstić information content (AvgIpc) is 2.98. The number of nitrogens with zero attached hydrogens (tertiary/aromatic N) is 1. The van der Waals surface area contributed by atoms with Crippen LogP contribution in [0.15, 0.2) is 30.3 Å². The molecule has 1 aromatic heterocycles. The zero-order valence-corrected chi connectivity index (χ0v) is 14.0. The lowest BCUT2D eigenvalue weighted by atomic mass is 10.2. The van der Waals surface area contributed by atoms with E-state index < -0.39 is 0 Å². The van der Waals surface area contributed by atoms with Crippen molar-refractivity contribution < 1.29 is 14.3 Å². The number of benzene rings is 1. The molecule has 6 nitrogen and oxygen atoms in total. The van der Waals surface area contributed by atoms with Crippen LogP contribution in [0.3, 0.4) is 0 Å². The van der Waals surface area contributed by atoms with Crippen LogP contribution in [0.2, 0.25) is 0 Å². The van der Waals surface area contributed by atoms with Crippen LogP contribution in [0.5, 0.6) is 0 Å². The van der Waals surface area contributed by atoms with Crippen LogP contribution in [-0.2, 0) is 9.53 Å². The van der Waals surface area contributed by atoms with E-state index in [0.717, 1.165) is 10.9 Å². The Labute approximate surface area is 141 Å². The standard InChI is InChI=1S/C18H23N3O3/c1-12-10-21(11-13(2)24-12)17(22)7-8-19-18(23)16-9-14-5-3-4-6-15(14)20-16/h3-6,9,12-13,20H,7-8,10-11H2,1-2H3,(H,19,23). The minimum absolute atomic E-state index is 0.0500. The molecule has 2 N–H and O–H groups in total. The van der Waals surface area contributed by atoms with Crippen molar-refractivity contribution in [2.45, 2.75) is 32.5 Å². The molecule has 128 valence electrons. The molecule has 1 aliphatic rings. The number of nitrogens with one attached hydrogen (secondary N) is 2. The van der Waals surface area contributed by atoms with Gasteiger partial charge in [-0.1, -0.05) is 18.2 Å². The van der Waals surface area contributed by atoms with Gasteiger partial charge in [0.05, 0.1) is 12.2 Å². The minimum Gasteiger partial charge on any atom is -0.372 e. The molecule has 1 saturated heterocycles. The second-order valence-electron chi connectivity index (χ2n) is 6.33. The van der Waals surface area contributed by atoms with Gasteiger partial charge in [-0.2, -0.15) is 0 Å². The number of carbonyl (C=O) groups excluding carboxylic acids is 2. The molecule has 1 aromatic carbocycles. The molecular weight excluding hydrogens is 306 g/mol. The van der Waals surface area contributed by atoms with E-state index in [4.69, 9.17) is 4.74 Å². The van der Waals surface area contributed by atoms with Gasteiger partial charge >= 0.3 is 0 Å². The molecule has 2 amide bonds. The highest BCUT2D eigenvalue weighted by Gasteiger charge is 2.25. The summed E-state index contributed by atoms with van der Waals surface area (Å²) in [6, 6.07) is 9.55. The van der Waals surface area contributed by atoms with E-state index in [1.807, 2.05) is 49.1 Å². The van der Waals surface area contributed by atoms with Crippen molar-refractivity contribution in [3.8, 4) is 0 Å². The zero-order chi connectivity index (χ0) is 17.1. The largest absolute Gasteiger partial charge is 0.372 e. The van der Waals surface area contributed by atoms with Gasteiger partial charge in [-0.25, -0.2) is 0 Å². The molecular formula is C18H23N3O3. The third-order valence-electron chi connectivity index (χ3n) is 4.17. The second kappa shape index (κ2) is 7.05. The summed E-state index contributed by atoms with van der Waals surface area (Å²) in [7, 11) is 0. The number of ether oxygens (including phenoxy) is 1. The van der Waals surface area contributed by atoms with E-state index in [1.165, 1.54) is 0 Å². The third-order valence-corrected chi connectivity index (χ3v) is 4.17. The van der Waals surface area contributed by atoms with Gasteiger partial charge in [-0.15, -0.1) is 0 Å². The number of hydrogen-bond acceptors (Lipinski definition) is 3. The van der Waals surface area contributed by atoms with Crippen molar-refractivity contribution in [1.29, 1.82) is 0 Å². The predicted octanol–water partition coefficient (Wildman–Crippen LogP) is 1.92. The maximum Gasteiger partial charge on any atom is 0.267 e. The van der Waals surface area contributed by atoms with Crippen molar-refractivity contribution in [2.24, 2.45) is 0 Å². The van der Waals surface area contributed by atoms with Gasteiger partial charge in [0.25, 0.3) is 5.91 Å². The van der Waals surface area contributed by atoms with Crippen molar-refractivity contribution in [1.82, 2.24) is 15.2 Å². The molecule has 0 radical (unpaired) electrons. The van der Waals surface area contributed by atoms with Gasteiger partial charge in [0, 0.05) is 37.0 Å². The fourth-order valence-corrected chi connectivity index (χ4v) is 3.11. The first kappa shape index (κ1) is 16.5. The van der Waals surface area contributed by atoms with Crippen molar-refractivity contribution in [3.05, 3.63) is 36.0 Å². The zero-order valence-electron chi connectivity index (χ0n) is 14.0. The highest BCUT2D eigenvalue weighted by atomic mass is 16.5. The van der Waals surface area contributed by atoms with Crippen LogP contribution in [0.4, 0.5) is 0 Å². The van der Waals surface area contributed by atoms with Crippen LogP contribution in [0, 0.1) is 0 Å². The van der Waals surface area contributed by atoms with Gasteiger partial charge in [0.15, 0.2) is 0 Å². The van der Waals surface area contributed by atoms with E-state index in [9.17, 15) is 9.59 Å². The van der Waals surface area contributed by atoms with E-state index in [1.54, 1.807) is 0 Å². The Morgan fingerprint density at radius 3 is 2.67 bits per heavy atom. The van der Waals surface area contributed by atoms with Gasteiger partial charge < -0.3 is 19.9 Å². The number of carbonyl (C=O) groups is 2. The molecule has 6 heteroatoms. The van der Waals surface area contributed by atoms with Crippen LogP contribution < -0.4 is 5.32 Å². The topological polar surface area (TPSA) is 74.4 Å². The third kappa shape index (κ3) is 3.76. The van der Waals surface area contributed by atoms with E-state index in [0.29, 0.717) is 31.7 Å². The summed E-state index contributed by atoms with van der Waals surface area (Å²) >= 11 is 0. The monoisotopic (exact) mass is 329 g/mol. The number of hydrogen-bond donors (Lipinski definition) is 2. The van der Waals surface area contributed by atoms with Gasteiger partial charge in [0.2, 0.25) is 5.91 Å². The summed E-state index contributed by atoms with van der Waals surface area (Å²) < 4.78 is 5.63. The molecule has 1 fully saturated rings. The summed E-state index contributed by atoms with van der Waals surface area (Å²) in [4.78, 5) is 29.3. The molecule has 2 heterocycles. The van der Waals surface area contributed by atoms with Crippen molar-refractivity contribution in [3.63, 3.8) is 0 Å². The van der Waals surface area contributed by atoms with E-state index in [-0.39, 0.29) is 24.0 Å². The van der Waals surface area contributed by atoms with Crippen LogP contribution in [-0.4, -0.2) is 53.5 Å². The summed E-state index contributed by atoms with van der Waals surface area (Å²) in [6.45, 7) is 5.48. The molecule has 24 heavy (non-hydrogen) atoms. The number of aromatic nitrogens is 1. The summed E-state index contributed by atoms with van der Waals surface area (Å²) in [5.41, 5.74) is 1.44. The number of rotatable bonds is 4. The number of H-pyrrole nitrogens is 1. The Balaban J connectivity index is 1.50. The average molecular weight is 329 g/mol. The molecule has 0 aliphatic carbocycles. The van der Waals surface area contributed by atoms with Crippen molar-refractivity contribution in [2.75, 3.05) is 19.6 Å². The Kier molecular flexibility index (Phi) is 4.85. The van der Waals surface area contributed by atoms with Crippen LogP contribution in [0.25, 0.3) is 10.9 Å². The maximum absolute atomic E-state index is 12.3. The van der Waals surface area contributed by atoms with E-state index in [2.05, 4.69) is 10.3 Å². The lowest BCUT2D eigenvalue weighted by Crippen LogP contribution is -2.48. The molecule has 0 spiro atoms. The normalized spacial score (nSPS) is 21.0. The Morgan fingerprint density at radius 1 is 1.25 bits per heavy atom. The van der Waals surface area contributed by atoms with Crippen LogP contribution in [0.1, 0.15) is 30.8 Å². The molecule has 2 atom stereocenters. The molecule has 0 bridgehead atoms. The van der Waals surface area contributed by atoms with E-state index >= 15 is 0 Å². The lowest BCUT2D eigenvalue weighted by Gasteiger charge is -2.35. The molecule has 1 aliphatic heterocycles. The summed E-state index contributed by atoms with van der Waals surface area (Å²) in [5, 5.41) is 3.80. The molecule has 0 saturated carbocycles. The summed E-state index contributed by atoms with van der Waals surface area (Å²) in [6.07, 6.45) is 0.406. The smallest absolute Gasteiger partial charge is 0.267 e.